The molecule has 1 atom stereocenters. The van der Waals surface area contributed by atoms with Crippen LogP contribution in [-0.2, 0) is 13.9 Å². The predicted molar refractivity (Wildman–Crippen MR) is 106 cm³/mol. The molecule has 0 aliphatic heterocycles. The predicted octanol–water partition coefficient (Wildman–Crippen LogP) is 4.10. The lowest BCUT2D eigenvalue weighted by atomic mass is 9.73. The molecular weight excluding hydrogens is 353 g/mol. The summed E-state index contributed by atoms with van der Waals surface area (Å²) in [6, 6.07) is 0. The molecule has 26 heavy (non-hydrogen) atoms. The maximum atomic E-state index is 12.1. The van der Waals surface area contributed by atoms with E-state index in [1.807, 2.05) is 13.8 Å². The molecule has 0 saturated heterocycles. The number of amides is 1. The third kappa shape index (κ3) is 12.1. The van der Waals surface area contributed by atoms with Crippen LogP contribution in [0.3, 0.4) is 0 Å². The fourth-order valence-corrected chi connectivity index (χ4v) is 3.75. The van der Waals surface area contributed by atoms with Gasteiger partial charge in [-0.2, -0.15) is 0 Å². The number of aliphatic hydroxyl groups is 1. The van der Waals surface area contributed by atoms with Crippen molar-refractivity contribution in [3.63, 3.8) is 0 Å². The van der Waals surface area contributed by atoms with Gasteiger partial charge in [-0.1, -0.05) is 54.4 Å². The zero-order valence-electron chi connectivity index (χ0n) is 17.5. The Kier molecular flexibility index (Phi) is 11.2. The zero-order chi connectivity index (χ0) is 20.4. The fraction of sp³-hybridized carbons (Fsp3) is 0.947. The number of carbonyl (C=O) groups is 1. The third-order valence-electron chi connectivity index (χ3n) is 4.35. The Bertz CT molecular complexity index is 463. The van der Waals surface area contributed by atoms with Crippen molar-refractivity contribution in [3.05, 3.63) is 0 Å². The molecule has 0 heterocycles. The van der Waals surface area contributed by atoms with E-state index in [1.54, 1.807) is 13.8 Å². The smallest absolute Gasteiger partial charge is 0.330 e. The van der Waals surface area contributed by atoms with Crippen molar-refractivity contribution >= 4 is 13.5 Å². The summed E-state index contributed by atoms with van der Waals surface area (Å²) >= 11 is 0. The van der Waals surface area contributed by atoms with E-state index in [-0.39, 0.29) is 29.0 Å². The molecule has 0 aromatic rings. The summed E-state index contributed by atoms with van der Waals surface area (Å²) in [6.07, 6.45) is 4.72. The summed E-state index contributed by atoms with van der Waals surface area (Å²) in [7, 11) is -3.45. The van der Waals surface area contributed by atoms with Crippen LogP contribution in [0, 0.1) is 10.8 Å². The first-order chi connectivity index (χ1) is 11.8. The first kappa shape index (κ1) is 25.6. The Labute approximate surface area is 159 Å². The van der Waals surface area contributed by atoms with E-state index in [0.717, 1.165) is 32.1 Å². The molecule has 1 amide bonds. The molecule has 0 aliphatic carbocycles. The Morgan fingerprint density at radius 2 is 1.65 bits per heavy atom. The van der Waals surface area contributed by atoms with Crippen LogP contribution < -0.4 is 5.32 Å². The van der Waals surface area contributed by atoms with Gasteiger partial charge >= 0.3 is 7.60 Å². The minimum Gasteiger partial charge on any atom is -0.396 e. The van der Waals surface area contributed by atoms with E-state index < -0.39 is 7.60 Å². The van der Waals surface area contributed by atoms with Gasteiger partial charge in [0.1, 0.15) is 0 Å². The van der Waals surface area contributed by atoms with Crippen molar-refractivity contribution in [2.24, 2.45) is 10.8 Å². The Hall–Kier alpha value is -0.420. The van der Waals surface area contributed by atoms with Gasteiger partial charge in [-0.05, 0) is 30.1 Å². The van der Waals surface area contributed by atoms with Gasteiger partial charge in [0.05, 0.1) is 12.3 Å². The van der Waals surface area contributed by atoms with Crippen LogP contribution in [0.1, 0.15) is 80.1 Å². The molecule has 7 heteroatoms. The zero-order valence-corrected chi connectivity index (χ0v) is 18.4. The minimum absolute atomic E-state index is 0.0465. The van der Waals surface area contributed by atoms with Crippen molar-refractivity contribution in [2.45, 2.75) is 85.7 Å². The van der Waals surface area contributed by atoms with Gasteiger partial charge in [0.2, 0.25) is 5.91 Å². The summed E-state index contributed by atoms with van der Waals surface area (Å²) in [5.74, 6) is 0.0465. The largest absolute Gasteiger partial charge is 0.396 e. The summed E-state index contributed by atoms with van der Waals surface area (Å²) in [4.78, 5) is 21.6. The highest BCUT2D eigenvalue weighted by molar-refractivity contribution is 7.53. The lowest BCUT2D eigenvalue weighted by molar-refractivity contribution is -0.123. The van der Waals surface area contributed by atoms with Crippen LogP contribution in [0.4, 0.5) is 0 Å². The molecule has 0 fully saturated rings. The molecule has 0 spiro atoms. The monoisotopic (exact) mass is 393 g/mol. The number of aliphatic hydroxyl groups excluding tert-OH is 1. The molecule has 0 bridgehead atoms. The van der Waals surface area contributed by atoms with Crippen molar-refractivity contribution in [1.82, 2.24) is 5.32 Å². The molecule has 0 aromatic carbocycles. The number of hydrogen-bond donors (Lipinski definition) is 3. The maximum Gasteiger partial charge on any atom is 0.330 e. The topological polar surface area (TPSA) is 95.9 Å². The van der Waals surface area contributed by atoms with E-state index in [1.165, 1.54) is 0 Å². The second kappa shape index (κ2) is 11.4. The van der Waals surface area contributed by atoms with Gasteiger partial charge in [0.25, 0.3) is 0 Å². The van der Waals surface area contributed by atoms with E-state index >= 15 is 0 Å². The van der Waals surface area contributed by atoms with E-state index in [2.05, 4.69) is 19.2 Å². The first-order valence-corrected chi connectivity index (χ1v) is 11.3. The molecule has 0 radical (unpaired) electrons. The number of carbonyl (C=O) groups excluding carboxylic acids is 1. The van der Waals surface area contributed by atoms with Gasteiger partial charge in [-0.25, -0.2) is 0 Å². The van der Waals surface area contributed by atoms with E-state index in [4.69, 9.17) is 4.52 Å². The second-order valence-corrected chi connectivity index (χ2v) is 11.5. The average Bonchev–Trinajstić information content (AvgIpc) is 2.48. The summed E-state index contributed by atoms with van der Waals surface area (Å²) in [5, 5.41) is 12.3. The molecule has 0 rings (SSSR count). The van der Waals surface area contributed by atoms with Crippen molar-refractivity contribution in [3.8, 4) is 0 Å². The van der Waals surface area contributed by atoms with Crippen LogP contribution in [0.2, 0.25) is 0 Å². The van der Waals surface area contributed by atoms with Gasteiger partial charge in [0.15, 0.2) is 0 Å². The summed E-state index contributed by atoms with van der Waals surface area (Å²) < 4.78 is 16.7. The quantitative estimate of drug-likeness (QED) is 0.305. The fourth-order valence-electron chi connectivity index (χ4n) is 3.06. The minimum atomic E-state index is -3.45. The number of rotatable bonds is 14. The van der Waals surface area contributed by atoms with Crippen LogP contribution in [0.5, 0.6) is 0 Å². The van der Waals surface area contributed by atoms with Gasteiger partial charge in [-0.3, -0.25) is 9.36 Å². The lowest BCUT2D eigenvalue weighted by Crippen LogP contribution is -2.33. The highest BCUT2D eigenvalue weighted by Crippen LogP contribution is 2.47. The van der Waals surface area contributed by atoms with E-state index in [0.29, 0.717) is 19.6 Å². The van der Waals surface area contributed by atoms with E-state index in [9.17, 15) is 19.4 Å². The number of nitrogens with one attached hydrogen (secondary N) is 1. The first-order valence-electron chi connectivity index (χ1n) is 9.66. The van der Waals surface area contributed by atoms with Gasteiger partial charge in [0, 0.05) is 19.6 Å². The number of hydrogen-bond acceptors (Lipinski definition) is 4. The number of unbranched alkanes of at least 4 members (excludes halogenated alkanes) is 3. The molecular formula is C19H40NO5P. The molecule has 3 N–H and O–H groups in total. The van der Waals surface area contributed by atoms with Crippen LogP contribution >= 0.6 is 7.60 Å². The summed E-state index contributed by atoms with van der Waals surface area (Å²) in [5.41, 5.74) is -0.702. The van der Waals surface area contributed by atoms with Crippen LogP contribution in [-0.4, -0.2) is 41.3 Å². The Morgan fingerprint density at radius 1 is 1.08 bits per heavy atom. The maximum absolute atomic E-state index is 12.1. The summed E-state index contributed by atoms with van der Waals surface area (Å²) in [6.45, 7) is 12.5. The highest BCUT2D eigenvalue weighted by Gasteiger charge is 2.30. The van der Waals surface area contributed by atoms with Crippen molar-refractivity contribution in [2.75, 3.05) is 19.8 Å². The standard InChI is InChI=1S/C19H40NO5P/c1-16(2)26(23,24)25-12-10-8-7-9-11-20-17(22)13-18(3,4)14-19(5,6)15-21/h16,21H,7-15H2,1-6H3,(H,20,22)(H,23,24). The van der Waals surface area contributed by atoms with Crippen molar-refractivity contribution in [1.29, 1.82) is 0 Å². The molecule has 156 valence electrons. The van der Waals surface area contributed by atoms with Crippen LogP contribution in [0.15, 0.2) is 0 Å². The van der Waals surface area contributed by atoms with Crippen molar-refractivity contribution < 1.29 is 23.9 Å². The highest BCUT2D eigenvalue weighted by atomic mass is 31.2. The Balaban J connectivity index is 3.82. The molecule has 0 aliphatic rings. The average molecular weight is 394 g/mol. The second-order valence-electron chi connectivity index (χ2n) is 9.10. The van der Waals surface area contributed by atoms with Gasteiger partial charge in [-0.15, -0.1) is 0 Å². The Morgan fingerprint density at radius 3 is 2.19 bits per heavy atom. The normalized spacial score (nSPS) is 15.1. The molecule has 1 unspecified atom stereocenters. The SMILES string of the molecule is CC(C)P(=O)(O)OCCCCCCNC(=O)CC(C)(C)CC(C)(C)CO. The lowest BCUT2D eigenvalue weighted by Gasteiger charge is -2.33. The van der Waals surface area contributed by atoms with Gasteiger partial charge < -0.3 is 19.8 Å². The molecule has 6 nitrogen and oxygen atoms in total. The molecule has 0 saturated carbocycles. The van der Waals surface area contributed by atoms with Crippen LogP contribution in [0.25, 0.3) is 0 Å². The third-order valence-corrected chi connectivity index (χ3v) is 6.20. The molecule has 0 aromatic heterocycles.